The van der Waals surface area contributed by atoms with E-state index < -0.39 is 18.0 Å². The molecule has 0 fully saturated rings. The maximum atomic E-state index is 13.5. The van der Waals surface area contributed by atoms with Crippen LogP contribution < -0.4 is 10.6 Å². The van der Waals surface area contributed by atoms with E-state index in [1.165, 1.54) is 0 Å². The van der Waals surface area contributed by atoms with Gasteiger partial charge >= 0.3 is 5.97 Å². The zero-order valence-electron chi connectivity index (χ0n) is 23.9. The molecule has 0 saturated heterocycles. The Morgan fingerprint density at radius 3 is 1.95 bits per heavy atom. The third kappa shape index (κ3) is 10.00. The Morgan fingerprint density at radius 2 is 1.36 bits per heavy atom. The highest BCUT2D eigenvalue weighted by Crippen LogP contribution is 2.19. The number of rotatable bonds is 10. The molecule has 0 bridgehead atoms. The summed E-state index contributed by atoms with van der Waals surface area (Å²) in [5, 5.41) is 15.8. The van der Waals surface area contributed by atoms with Crippen molar-refractivity contribution in [1.82, 2.24) is 10.6 Å². The van der Waals surface area contributed by atoms with E-state index in [1.807, 2.05) is 103 Å². The number of allylic oxidation sites excluding steroid dienone is 2. The van der Waals surface area contributed by atoms with Gasteiger partial charge in [-0.3, -0.25) is 14.4 Å². The average molecular weight is 569 g/mol. The minimum atomic E-state index is -0.613. The molecule has 2 amide bonds. The van der Waals surface area contributed by atoms with Crippen LogP contribution in [0.25, 0.3) is 0 Å². The Balaban J connectivity index is 1.48. The number of ether oxygens (including phenoxy) is 1. The molecule has 0 saturated carbocycles. The zero-order valence-corrected chi connectivity index (χ0v) is 23.9. The fraction of sp³-hybridized carbons (Fsp3) is 0.343. The van der Waals surface area contributed by atoms with Crippen molar-refractivity contribution in [2.45, 2.75) is 50.6 Å². The Kier molecular flexibility index (Phi) is 11.9. The van der Waals surface area contributed by atoms with Gasteiger partial charge < -0.3 is 20.5 Å². The Bertz CT molecular complexity index is 1300. The molecular formula is C35H40N2O5. The molecule has 0 radical (unpaired) electrons. The lowest BCUT2D eigenvalue weighted by atomic mass is 9.94. The van der Waals surface area contributed by atoms with E-state index in [-0.39, 0.29) is 43.3 Å². The highest BCUT2D eigenvalue weighted by Gasteiger charge is 2.27. The summed E-state index contributed by atoms with van der Waals surface area (Å²) in [6.45, 7) is -0.165. The number of hydrogen-bond acceptors (Lipinski definition) is 5. The lowest BCUT2D eigenvalue weighted by molar-refractivity contribution is -0.150. The number of esters is 1. The summed E-state index contributed by atoms with van der Waals surface area (Å²) in [4.78, 5) is 39.7. The number of amides is 2. The number of carbonyl (C=O) groups is 3. The van der Waals surface area contributed by atoms with Gasteiger partial charge in [0.05, 0.1) is 30.5 Å². The van der Waals surface area contributed by atoms with Crippen LogP contribution in [-0.4, -0.2) is 48.2 Å². The Hall–Kier alpha value is -4.23. The number of aliphatic hydroxyl groups excluding tert-OH is 1. The van der Waals surface area contributed by atoms with Crippen LogP contribution in [0.2, 0.25) is 0 Å². The molecule has 0 unspecified atom stereocenters. The van der Waals surface area contributed by atoms with E-state index in [0.29, 0.717) is 32.1 Å². The van der Waals surface area contributed by atoms with Crippen molar-refractivity contribution < 1.29 is 24.2 Å². The topological polar surface area (TPSA) is 105 Å². The van der Waals surface area contributed by atoms with Crippen LogP contribution in [0, 0.1) is 11.8 Å². The van der Waals surface area contributed by atoms with Gasteiger partial charge in [0.15, 0.2) is 0 Å². The molecule has 7 nitrogen and oxygen atoms in total. The molecule has 0 aliphatic carbocycles. The standard InChI is InChI=1S/C35H40N2O5/c38-24-31(21-27-14-6-2-7-15-27)36-33(39)23-29-18-10-11-19-30(20-26-12-4-1-5-13-26)35(41)42-25-32(37-34(29)40)22-28-16-8-3-9-17-28/h1-17,29-32,38H,18-25H2,(H,36,39)(H,37,40)/t29-,30+,31-,32+/m1/s1. The fourth-order valence-electron chi connectivity index (χ4n) is 5.21. The maximum absolute atomic E-state index is 13.5. The molecule has 42 heavy (non-hydrogen) atoms. The Morgan fingerprint density at radius 1 is 0.810 bits per heavy atom. The first-order valence-electron chi connectivity index (χ1n) is 14.6. The lowest BCUT2D eigenvalue weighted by Gasteiger charge is -2.25. The van der Waals surface area contributed by atoms with E-state index >= 15 is 0 Å². The van der Waals surface area contributed by atoms with Crippen LogP contribution in [0.3, 0.4) is 0 Å². The molecule has 3 N–H and O–H groups in total. The number of nitrogens with one attached hydrogen (secondary N) is 2. The van der Waals surface area contributed by atoms with Crippen LogP contribution >= 0.6 is 0 Å². The molecule has 7 heteroatoms. The largest absolute Gasteiger partial charge is 0.463 e. The molecule has 3 aromatic rings. The van der Waals surface area contributed by atoms with Gasteiger partial charge in [0.1, 0.15) is 6.61 Å². The average Bonchev–Trinajstić information content (AvgIpc) is 3.01. The van der Waals surface area contributed by atoms with Gasteiger partial charge in [-0.1, -0.05) is 103 Å². The molecule has 1 heterocycles. The molecule has 220 valence electrons. The van der Waals surface area contributed by atoms with Gasteiger partial charge in [-0.05, 0) is 48.8 Å². The van der Waals surface area contributed by atoms with Crippen LogP contribution in [0.15, 0.2) is 103 Å². The third-order valence-electron chi connectivity index (χ3n) is 7.48. The molecule has 1 aliphatic rings. The van der Waals surface area contributed by atoms with Crippen LogP contribution in [0.1, 0.15) is 36.0 Å². The predicted molar refractivity (Wildman–Crippen MR) is 162 cm³/mol. The summed E-state index contributed by atoms with van der Waals surface area (Å²) >= 11 is 0. The van der Waals surface area contributed by atoms with E-state index in [1.54, 1.807) is 0 Å². The minimum absolute atomic E-state index is 0.0211. The second-order valence-electron chi connectivity index (χ2n) is 10.9. The normalized spacial score (nSPS) is 20.4. The summed E-state index contributed by atoms with van der Waals surface area (Å²) in [7, 11) is 0. The van der Waals surface area contributed by atoms with Crippen molar-refractivity contribution in [1.29, 1.82) is 0 Å². The summed E-state index contributed by atoms with van der Waals surface area (Å²) < 4.78 is 5.78. The van der Waals surface area contributed by atoms with Gasteiger partial charge in [-0.25, -0.2) is 0 Å². The first kappa shape index (κ1) is 30.7. The summed E-state index contributed by atoms with van der Waals surface area (Å²) in [5.74, 6) is -1.82. The summed E-state index contributed by atoms with van der Waals surface area (Å²) in [5.41, 5.74) is 3.07. The number of hydrogen-bond donors (Lipinski definition) is 3. The maximum Gasteiger partial charge on any atom is 0.309 e. The van der Waals surface area contributed by atoms with Crippen molar-refractivity contribution in [3.05, 3.63) is 120 Å². The van der Waals surface area contributed by atoms with Crippen molar-refractivity contribution in [3.8, 4) is 0 Å². The molecule has 1 aliphatic heterocycles. The minimum Gasteiger partial charge on any atom is -0.463 e. The molecule has 0 spiro atoms. The van der Waals surface area contributed by atoms with Gasteiger partial charge in [0.2, 0.25) is 11.8 Å². The van der Waals surface area contributed by atoms with Crippen LogP contribution in [0.4, 0.5) is 0 Å². The van der Waals surface area contributed by atoms with Gasteiger partial charge in [0.25, 0.3) is 0 Å². The molecule has 4 rings (SSSR count). The van der Waals surface area contributed by atoms with Crippen LogP contribution in [-0.2, 0) is 38.4 Å². The molecule has 4 atom stereocenters. The molecular weight excluding hydrogens is 528 g/mol. The first-order valence-corrected chi connectivity index (χ1v) is 14.6. The quantitative estimate of drug-likeness (QED) is 0.251. The van der Waals surface area contributed by atoms with Crippen molar-refractivity contribution in [2.24, 2.45) is 11.8 Å². The van der Waals surface area contributed by atoms with Crippen molar-refractivity contribution >= 4 is 17.8 Å². The highest BCUT2D eigenvalue weighted by molar-refractivity contribution is 5.86. The number of benzene rings is 3. The third-order valence-corrected chi connectivity index (χ3v) is 7.48. The second-order valence-corrected chi connectivity index (χ2v) is 10.9. The lowest BCUT2D eigenvalue weighted by Crippen LogP contribution is -2.46. The molecule has 3 aromatic carbocycles. The summed E-state index contributed by atoms with van der Waals surface area (Å²) in [6.07, 6.45) is 6.12. The van der Waals surface area contributed by atoms with Gasteiger partial charge in [-0.2, -0.15) is 0 Å². The van der Waals surface area contributed by atoms with E-state index in [0.717, 1.165) is 16.7 Å². The van der Waals surface area contributed by atoms with E-state index in [4.69, 9.17) is 4.74 Å². The summed E-state index contributed by atoms with van der Waals surface area (Å²) in [6, 6.07) is 28.3. The Labute approximate surface area is 248 Å². The number of carbonyl (C=O) groups excluding carboxylic acids is 3. The first-order chi connectivity index (χ1) is 20.5. The van der Waals surface area contributed by atoms with Crippen molar-refractivity contribution in [2.75, 3.05) is 13.2 Å². The van der Waals surface area contributed by atoms with E-state index in [9.17, 15) is 19.5 Å². The highest BCUT2D eigenvalue weighted by atomic mass is 16.5. The number of cyclic esters (lactones) is 1. The number of aliphatic hydroxyl groups is 1. The predicted octanol–water partition coefficient (Wildman–Crippen LogP) is 4.19. The SMILES string of the molecule is O=C(C[C@H]1CC=CC[C@@H](Cc2ccccc2)C(=O)OC[C@H](Cc2ccccc2)NC1=O)N[C@@H](CO)Cc1ccccc1. The molecule has 0 aromatic heterocycles. The van der Waals surface area contributed by atoms with Crippen LogP contribution in [0.5, 0.6) is 0 Å². The van der Waals surface area contributed by atoms with E-state index in [2.05, 4.69) is 10.6 Å². The smallest absolute Gasteiger partial charge is 0.309 e. The van der Waals surface area contributed by atoms with Crippen molar-refractivity contribution in [3.63, 3.8) is 0 Å². The van der Waals surface area contributed by atoms with Gasteiger partial charge in [-0.15, -0.1) is 0 Å². The fourth-order valence-corrected chi connectivity index (χ4v) is 5.21. The monoisotopic (exact) mass is 568 g/mol. The zero-order chi connectivity index (χ0) is 29.6. The van der Waals surface area contributed by atoms with Gasteiger partial charge in [0, 0.05) is 6.42 Å². The second kappa shape index (κ2) is 16.3.